The summed E-state index contributed by atoms with van der Waals surface area (Å²) in [6, 6.07) is 19.8. The molecular weight excluding hydrogens is 318 g/mol. The maximum absolute atomic E-state index is 11.5. The van der Waals surface area contributed by atoms with Gasteiger partial charge in [0.05, 0.1) is 20.1 Å². The summed E-state index contributed by atoms with van der Waals surface area (Å²) >= 11 is 0. The Balaban J connectivity index is 1.78. The van der Waals surface area contributed by atoms with Gasteiger partial charge in [-0.25, -0.2) is 0 Å². The van der Waals surface area contributed by atoms with Crippen LogP contribution in [0, 0.1) is 11.8 Å². The molecule has 0 aliphatic carbocycles. The van der Waals surface area contributed by atoms with Crippen molar-refractivity contribution in [3.05, 3.63) is 71.8 Å². The van der Waals surface area contributed by atoms with Crippen LogP contribution in [0.2, 0.25) is 0 Å². The predicted octanol–water partition coefficient (Wildman–Crippen LogP) is 4.34. The van der Waals surface area contributed by atoms with E-state index in [0.717, 1.165) is 22.2 Å². The van der Waals surface area contributed by atoms with E-state index < -0.39 is 5.60 Å². The maximum atomic E-state index is 11.5. The number of hydrogen-bond acceptors (Lipinski definition) is 1. The van der Waals surface area contributed by atoms with Crippen LogP contribution < -0.4 is 0 Å². The molecule has 0 bridgehead atoms. The fraction of sp³-hybridized carbons (Fsp3) is 0.417. The third kappa shape index (κ3) is 4.55. The standard InChI is InChI=1S/C24H30NO/c1-25(19-11-2-3-12-20-25)21-13-10-18-24(26,22-14-6-4-7-15-22)23-16-8-5-9-17-23/h4-9,14-17,26H,2-3,11-12,18-21H2,1H3/q+1. The van der Waals surface area contributed by atoms with E-state index in [4.69, 9.17) is 0 Å². The van der Waals surface area contributed by atoms with E-state index >= 15 is 0 Å². The third-order valence-electron chi connectivity index (χ3n) is 5.58. The lowest BCUT2D eigenvalue weighted by Crippen LogP contribution is -2.44. The zero-order chi connectivity index (χ0) is 18.3. The molecule has 0 saturated carbocycles. The second-order valence-electron chi connectivity index (χ2n) is 7.76. The first-order chi connectivity index (χ1) is 12.6. The first-order valence-corrected chi connectivity index (χ1v) is 9.75. The molecule has 1 N–H and O–H groups in total. The Bertz CT molecular complexity index is 695. The lowest BCUT2D eigenvalue weighted by Gasteiger charge is -2.31. The minimum atomic E-state index is -1.06. The van der Waals surface area contributed by atoms with Crippen LogP contribution in [0.5, 0.6) is 0 Å². The third-order valence-corrected chi connectivity index (χ3v) is 5.58. The van der Waals surface area contributed by atoms with E-state index in [9.17, 15) is 5.11 Å². The SMILES string of the molecule is C[N+]1(CC#CCC(O)(c2ccccc2)c2ccccc2)CCCCCC1. The number of quaternary nitrogens is 1. The largest absolute Gasteiger partial charge is 0.379 e. The summed E-state index contributed by atoms with van der Waals surface area (Å²) in [6.07, 6.45) is 5.72. The van der Waals surface area contributed by atoms with E-state index in [1.54, 1.807) is 0 Å². The number of hydrogen-bond donors (Lipinski definition) is 1. The van der Waals surface area contributed by atoms with Crippen molar-refractivity contribution in [2.24, 2.45) is 0 Å². The van der Waals surface area contributed by atoms with Crippen LogP contribution in [0.1, 0.15) is 43.2 Å². The van der Waals surface area contributed by atoms with Crippen LogP contribution in [0.15, 0.2) is 60.7 Å². The number of rotatable bonds is 4. The molecule has 136 valence electrons. The number of benzene rings is 2. The summed E-state index contributed by atoms with van der Waals surface area (Å²) in [4.78, 5) is 0. The molecule has 2 aromatic rings. The second kappa shape index (κ2) is 8.54. The fourth-order valence-corrected chi connectivity index (χ4v) is 3.85. The molecule has 0 radical (unpaired) electrons. The number of nitrogens with zero attached hydrogens (tertiary/aromatic N) is 1. The highest BCUT2D eigenvalue weighted by atomic mass is 16.3. The van der Waals surface area contributed by atoms with Gasteiger partial charge in [-0.1, -0.05) is 66.6 Å². The van der Waals surface area contributed by atoms with Gasteiger partial charge in [0.1, 0.15) is 12.1 Å². The highest BCUT2D eigenvalue weighted by Crippen LogP contribution is 2.32. The molecule has 1 aliphatic heterocycles. The molecule has 1 heterocycles. The van der Waals surface area contributed by atoms with Crippen LogP contribution in [0.4, 0.5) is 0 Å². The lowest BCUT2D eigenvalue weighted by atomic mass is 9.84. The molecular formula is C24H30NO+. The van der Waals surface area contributed by atoms with Gasteiger partial charge >= 0.3 is 0 Å². The Morgan fingerprint density at radius 1 is 0.808 bits per heavy atom. The van der Waals surface area contributed by atoms with Crippen LogP contribution in [-0.4, -0.2) is 36.3 Å². The topological polar surface area (TPSA) is 20.2 Å². The van der Waals surface area contributed by atoms with Crippen molar-refractivity contribution in [2.45, 2.75) is 37.7 Å². The molecule has 1 saturated heterocycles. The number of aliphatic hydroxyl groups is 1. The van der Waals surface area contributed by atoms with Crippen LogP contribution in [0.25, 0.3) is 0 Å². The molecule has 0 amide bonds. The summed E-state index contributed by atoms with van der Waals surface area (Å²) in [5.41, 5.74) is 0.735. The van der Waals surface area contributed by atoms with Crippen molar-refractivity contribution in [1.82, 2.24) is 0 Å². The minimum absolute atomic E-state index is 0.418. The van der Waals surface area contributed by atoms with Crippen LogP contribution in [0.3, 0.4) is 0 Å². The van der Waals surface area contributed by atoms with Gasteiger partial charge in [0.2, 0.25) is 0 Å². The monoisotopic (exact) mass is 348 g/mol. The molecule has 2 aromatic carbocycles. The van der Waals surface area contributed by atoms with E-state index in [-0.39, 0.29) is 0 Å². The smallest absolute Gasteiger partial charge is 0.140 e. The first kappa shape index (κ1) is 18.7. The van der Waals surface area contributed by atoms with Crippen molar-refractivity contribution in [2.75, 3.05) is 26.7 Å². The van der Waals surface area contributed by atoms with E-state index in [1.807, 2.05) is 60.7 Å². The molecule has 2 heteroatoms. The molecule has 1 aliphatic rings. The van der Waals surface area contributed by atoms with Gasteiger partial charge in [-0.3, -0.25) is 0 Å². The number of likely N-dealkylation sites (tertiary alicyclic amines) is 1. The van der Waals surface area contributed by atoms with Crippen molar-refractivity contribution < 1.29 is 9.59 Å². The average molecular weight is 349 g/mol. The highest BCUT2D eigenvalue weighted by Gasteiger charge is 2.30. The van der Waals surface area contributed by atoms with E-state index in [1.165, 1.54) is 38.8 Å². The van der Waals surface area contributed by atoms with E-state index in [2.05, 4.69) is 18.9 Å². The van der Waals surface area contributed by atoms with Crippen molar-refractivity contribution in [1.29, 1.82) is 0 Å². The van der Waals surface area contributed by atoms with Crippen molar-refractivity contribution in [3.63, 3.8) is 0 Å². The van der Waals surface area contributed by atoms with Crippen LogP contribution in [-0.2, 0) is 5.60 Å². The molecule has 0 spiro atoms. The van der Waals surface area contributed by atoms with Gasteiger partial charge in [0.15, 0.2) is 0 Å². The Kier molecular flexibility index (Phi) is 6.14. The summed E-state index contributed by atoms with van der Waals surface area (Å²) < 4.78 is 1.04. The zero-order valence-corrected chi connectivity index (χ0v) is 15.8. The summed E-state index contributed by atoms with van der Waals surface area (Å²) in [5.74, 6) is 6.68. The molecule has 0 atom stereocenters. The fourth-order valence-electron chi connectivity index (χ4n) is 3.85. The van der Waals surface area contributed by atoms with Gasteiger partial charge in [-0.15, -0.1) is 0 Å². The maximum Gasteiger partial charge on any atom is 0.140 e. The normalized spacial score (nSPS) is 17.0. The van der Waals surface area contributed by atoms with Gasteiger partial charge in [0, 0.05) is 6.42 Å². The molecule has 0 unspecified atom stereocenters. The second-order valence-corrected chi connectivity index (χ2v) is 7.76. The highest BCUT2D eigenvalue weighted by molar-refractivity contribution is 5.37. The lowest BCUT2D eigenvalue weighted by molar-refractivity contribution is -0.901. The summed E-state index contributed by atoms with van der Waals surface area (Å²) in [6.45, 7) is 3.31. The summed E-state index contributed by atoms with van der Waals surface area (Å²) in [5, 5.41) is 11.5. The van der Waals surface area contributed by atoms with Crippen LogP contribution >= 0.6 is 0 Å². The Morgan fingerprint density at radius 2 is 1.31 bits per heavy atom. The van der Waals surface area contributed by atoms with Gasteiger partial charge in [0.25, 0.3) is 0 Å². The molecule has 3 rings (SSSR count). The minimum Gasteiger partial charge on any atom is -0.379 e. The van der Waals surface area contributed by atoms with Crippen molar-refractivity contribution >= 4 is 0 Å². The quantitative estimate of drug-likeness (QED) is 0.644. The Hall–Kier alpha value is -2.08. The predicted molar refractivity (Wildman–Crippen MR) is 108 cm³/mol. The molecule has 1 fully saturated rings. The van der Waals surface area contributed by atoms with Gasteiger partial charge in [-0.05, 0) is 42.7 Å². The summed E-state index contributed by atoms with van der Waals surface area (Å²) in [7, 11) is 2.32. The zero-order valence-electron chi connectivity index (χ0n) is 15.8. The average Bonchev–Trinajstić information content (AvgIpc) is 2.91. The molecule has 26 heavy (non-hydrogen) atoms. The Morgan fingerprint density at radius 3 is 1.81 bits per heavy atom. The van der Waals surface area contributed by atoms with Gasteiger partial charge in [-0.2, -0.15) is 0 Å². The molecule has 2 nitrogen and oxygen atoms in total. The van der Waals surface area contributed by atoms with Crippen molar-refractivity contribution in [3.8, 4) is 11.8 Å². The Labute approximate surface area is 158 Å². The molecule has 0 aromatic heterocycles. The first-order valence-electron chi connectivity index (χ1n) is 9.75. The van der Waals surface area contributed by atoms with E-state index in [0.29, 0.717) is 6.42 Å². The van der Waals surface area contributed by atoms with Gasteiger partial charge < -0.3 is 9.59 Å².